The van der Waals surface area contributed by atoms with Gasteiger partial charge in [-0.3, -0.25) is 4.79 Å². The van der Waals surface area contributed by atoms with Crippen LogP contribution < -0.4 is 10.1 Å². The van der Waals surface area contributed by atoms with E-state index in [4.69, 9.17) is 16.3 Å². The van der Waals surface area contributed by atoms with Crippen LogP contribution in [0, 0.1) is 6.92 Å². The van der Waals surface area contributed by atoms with Crippen molar-refractivity contribution >= 4 is 34.2 Å². The molecule has 5 nitrogen and oxygen atoms in total. The first-order chi connectivity index (χ1) is 10.6. The van der Waals surface area contributed by atoms with E-state index in [1.54, 1.807) is 18.2 Å². The van der Waals surface area contributed by atoms with E-state index in [9.17, 15) is 4.79 Å². The number of halogens is 1. The third-order valence-electron chi connectivity index (χ3n) is 3.13. The lowest BCUT2D eigenvalue weighted by atomic mass is 10.2. The molecule has 3 aromatic rings. The van der Waals surface area contributed by atoms with Gasteiger partial charge < -0.3 is 15.0 Å². The number of nitrogens with one attached hydrogen (secondary N) is 2. The molecule has 1 amide bonds. The molecule has 0 aliphatic rings. The topological polar surface area (TPSA) is 67.0 Å². The van der Waals surface area contributed by atoms with Gasteiger partial charge >= 0.3 is 0 Å². The lowest BCUT2D eigenvalue weighted by molar-refractivity contribution is -0.118. The number of aromatic nitrogens is 2. The molecule has 1 heterocycles. The maximum Gasteiger partial charge on any atom is 0.262 e. The predicted octanol–water partition coefficient (Wildman–Crippen LogP) is 3.54. The van der Waals surface area contributed by atoms with Crippen LogP contribution in [-0.4, -0.2) is 22.5 Å². The van der Waals surface area contributed by atoms with Crippen LogP contribution in [0.3, 0.4) is 0 Å². The molecule has 0 bridgehead atoms. The molecule has 0 unspecified atom stereocenters. The Morgan fingerprint density at radius 2 is 2.05 bits per heavy atom. The van der Waals surface area contributed by atoms with Crippen LogP contribution in [0.1, 0.15) is 5.56 Å². The van der Waals surface area contributed by atoms with E-state index in [1.807, 2.05) is 31.2 Å². The number of benzene rings is 2. The van der Waals surface area contributed by atoms with Crippen LogP contribution in [0.5, 0.6) is 5.75 Å². The average molecular weight is 316 g/mol. The largest absolute Gasteiger partial charge is 0.484 e. The van der Waals surface area contributed by atoms with Gasteiger partial charge in [-0.1, -0.05) is 17.7 Å². The van der Waals surface area contributed by atoms with Crippen LogP contribution >= 0.6 is 11.6 Å². The fourth-order valence-corrected chi connectivity index (χ4v) is 2.23. The molecular weight excluding hydrogens is 302 g/mol. The van der Waals surface area contributed by atoms with Gasteiger partial charge in [-0.05, 0) is 48.9 Å². The van der Waals surface area contributed by atoms with Gasteiger partial charge in [0, 0.05) is 5.69 Å². The fourth-order valence-electron chi connectivity index (χ4n) is 2.04. The summed E-state index contributed by atoms with van der Waals surface area (Å²) in [5.74, 6) is 0.432. The van der Waals surface area contributed by atoms with Crippen molar-refractivity contribution < 1.29 is 9.53 Å². The van der Waals surface area contributed by atoms with E-state index in [-0.39, 0.29) is 12.5 Å². The molecule has 0 saturated heterocycles. The van der Waals surface area contributed by atoms with Gasteiger partial charge in [-0.25, -0.2) is 4.98 Å². The maximum absolute atomic E-state index is 11.9. The van der Waals surface area contributed by atoms with Crippen LogP contribution in [0.15, 0.2) is 42.5 Å². The van der Waals surface area contributed by atoms with Crippen LogP contribution in [0.2, 0.25) is 5.28 Å². The summed E-state index contributed by atoms with van der Waals surface area (Å²) in [6, 6.07) is 12.9. The van der Waals surface area contributed by atoms with Crippen LogP contribution in [-0.2, 0) is 4.79 Å². The number of anilines is 1. The quantitative estimate of drug-likeness (QED) is 0.774. The third kappa shape index (κ3) is 3.38. The molecule has 0 atom stereocenters. The number of nitrogens with zero attached hydrogens (tertiary/aromatic N) is 1. The molecule has 22 heavy (non-hydrogen) atoms. The number of rotatable bonds is 4. The number of imidazole rings is 1. The highest BCUT2D eigenvalue weighted by atomic mass is 35.5. The number of aromatic amines is 1. The lowest BCUT2D eigenvalue weighted by Crippen LogP contribution is -2.20. The summed E-state index contributed by atoms with van der Waals surface area (Å²) in [4.78, 5) is 18.9. The highest BCUT2D eigenvalue weighted by Crippen LogP contribution is 2.19. The van der Waals surface area contributed by atoms with Gasteiger partial charge in [0.15, 0.2) is 6.61 Å². The predicted molar refractivity (Wildman–Crippen MR) is 86.4 cm³/mol. The molecule has 2 N–H and O–H groups in total. The van der Waals surface area contributed by atoms with Crippen molar-refractivity contribution in [1.82, 2.24) is 9.97 Å². The van der Waals surface area contributed by atoms with E-state index >= 15 is 0 Å². The number of ether oxygens (including phenoxy) is 1. The first-order valence-corrected chi connectivity index (χ1v) is 7.12. The number of H-pyrrole nitrogens is 1. The van der Waals surface area contributed by atoms with Gasteiger partial charge in [0.1, 0.15) is 5.75 Å². The second kappa shape index (κ2) is 6.07. The number of amides is 1. The van der Waals surface area contributed by atoms with Gasteiger partial charge in [0.2, 0.25) is 5.28 Å². The summed E-state index contributed by atoms with van der Waals surface area (Å²) in [5.41, 5.74) is 3.31. The molecule has 0 aliphatic heterocycles. The minimum atomic E-state index is -0.231. The molecular formula is C16H14ClN3O2. The Labute approximate surface area is 132 Å². The number of hydrogen-bond donors (Lipinski definition) is 2. The monoisotopic (exact) mass is 315 g/mol. The first-order valence-electron chi connectivity index (χ1n) is 6.75. The molecule has 0 aliphatic carbocycles. The van der Waals surface area contributed by atoms with E-state index in [2.05, 4.69) is 15.3 Å². The number of carbonyl (C=O) groups excluding carboxylic acids is 1. The smallest absolute Gasteiger partial charge is 0.262 e. The van der Waals surface area contributed by atoms with Crippen LogP contribution in [0.25, 0.3) is 11.0 Å². The number of carbonyl (C=O) groups is 1. The summed E-state index contributed by atoms with van der Waals surface area (Å²) in [6.07, 6.45) is 0. The van der Waals surface area contributed by atoms with Crippen molar-refractivity contribution in [2.24, 2.45) is 0 Å². The van der Waals surface area contributed by atoms with E-state index in [1.165, 1.54) is 0 Å². The summed E-state index contributed by atoms with van der Waals surface area (Å²) in [6.45, 7) is 1.94. The zero-order chi connectivity index (χ0) is 15.5. The van der Waals surface area contributed by atoms with Crippen molar-refractivity contribution in [2.75, 3.05) is 11.9 Å². The summed E-state index contributed by atoms with van der Waals surface area (Å²) < 4.78 is 5.43. The highest BCUT2D eigenvalue weighted by molar-refractivity contribution is 6.29. The maximum atomic E-state index is 11.9. The van der Waals surface area contributed by atoms with Gasteiger partial charge in [-0.15, -0.1) is 0 Å². The highest BCUT2D eigenvalue weighted by Gasteiger charge is 2.06. The standard InChI is InChI=1S/C16H14ClN3O2/c1-10-2-5-12(6-3-10)22-9-15(21)18-11-4-7-13-14(8-11)20-16(17)19-13/h2-8H,9H2,1H3,(H,18,21)(H,19,20). The van der Waals surface area contributed by atoms with Crippen molar-refractivity contribution in [3.63, 3.8) is 0 Å². The molecule has 112 valence electrons. The molecule has 1 aromatic heterocycles. The normalized spacial score (nSPS) is 10.6. The molecule has 0 saturated carbocycles. The molecule has 0 spiro atoms. The van der Waals surface area contributed by atoms with Crippen molar-refractivity contribution in [3.05, 3.63) is 53.3 Å². The second-order valence-electron chi connectivity index (χ2n) is 4.91. The van der Waals surface area contributed by atoms with E-state index < -0.39 is 0 Å². The van der Waals surface area contributed by atoms with Gasteiger partial charge in [-0.2, -0.15) is 0 Å². The Bertz CT molecular complexity index is 812. The SMILES string of the molecule is Cc1ccc(OCC(=O)Nc2ccc3nc(Cl)[nH]c3c2)cc1. The number of aryl methyl sites for hydroxylation is 1. The zero-order valence-corrected chi connectivity index (χ0v) is 12.6. The Hall–Kier alpha value is -2.53. The van der Waals surface area contributed by atoms with E-state index in [0.717, 1.165) is 16.6 Å². The Morgan fingerprint density at radius 1 is 1.27 bits per heavy atom. The summed E-state index contributed by atoms with van der Waals surface area (Å²) in [5, 5.41) is 3.09. The fraction of sp³-hybridized carbons (Fsp3) is 0.125. The van der Waals surface area contributed by atoms with Crippen molar-refractivity contribution in [2.45, 2.75) is 6.92 Å². The van der Waals surface area contributed by atoms with Gasteiger partial charge in [0.05, 0.1) is 11.0 Å². The van der Waals surface area contributed by atoms with Crippen molar-refractivity contribution in [1.29, 1.82) is 0 Å². The zero-order valence-electron chi connectivity index (χ0n) is 11.9. The van der Waals surface area contributed by atoms with Gasteiger partial charge in [0.25, 0.3) is 5.91 Å². The molecule has 6 heteroatoms. The Kier molecular flexibility index (Phi) is 3.98. The minimum Gasteiger partial charge on any atom is -0.484 e. The third-order valence-corrected chi connectivity index (χ3v) is 3.31. The lowest BCUT2D eigenvalue weighted by Gasteiger charge is -2.07. The Morgan fingerprint density at radius 3 is 2.82 bits per heavy atom. The second-order valence-corrected chi connectivity index (χ2v) is 5.27. The summed E-state index contributed by atoms with van der Waals surface area (Å²) in [7, 11) is 0. The Balaban J connectivity index is 1.61. The number of hydrogen-bond acceptors (Lipinski definition) is 3. The molecule has 3 rings (SSSR count). The summed E-state index contributed by atoms with van der Waals surface area (Å²) >= 11 is 5.80. The minimum absolute atomic E-state index is 0.0508. The molecule has 2 aromatic carbocycles. The molecule has 0 fully saturated rings. The van der Waals surface area contributed by atoms with Crippen LogP contribution in [0.4, 0.5) is 5.69 Å². The van der Waals surface area contributed by atoms with Crippen molar-refractivity contribution in [3.8, 4) is 5.75 Å². The van der Waals surface area contributed by atoms with E-state index in [0.29, 0.717) is 16.7 Å². The molecule has 0 radical (unpaired) electrons. The number of fused-ring (bicyclic) bond motifs is 1. The average Bonchev–Trinajstić information content (AvgIpc) is 2.86. The first kappa shape index (κ1) is 14.4.